The van der Waals surface area contributed by atoms with Crippen LogP contribution in [0.4, 0.5) is 0 Å². The summed E-state index contributed by atoms with van der Waals surface area (Å²) in [5.41, 5.74) is 2.71. The van der Waals surface area contributed by atoms with Gasteiger partial charge in [-0.25, -0.2) is 4.98 Å². The van der Waals surface area contributed by atoms with Crippen LogP contribution in [0.15, 0.2) is 27.0 Å². The Bertz CT molecular complexity index is 1050. The Morgan fingerprint density at radius 2 is 2.07 bits per heavy atom. The van der Waals surface area contributed by atoms with E-state index in [1.807, 2.05) is 24.1 Å². The van der Waals surface area contributed by atoms with Crippen LogP contribution in [-0.4, -0.2) is 62.2 Å². The van der Waals surface area contributed by atoms with Crippen molar-refractivity contribution in [3.05, 3.63) is 50.7 Å². The number of carbonyl (C=O) groups is 1. The molecule has 3 aromatic rings. The maximum Gasteiger partial charge on any atom is 0.258 e. The monoisotopic (exact) mass is 433 g/mol. The van der Waals surface area contributed by atoms with Crippen LogP contribution in [0.3, 0.4) is 0 Å². The first kappa shape index (κ1) is 20.1. The van der Waals surface area contributed by atoms with Gasteiger partial charge in [0.15, 0.2) is 4.96 Å². The van der Waals surface area contributed by atoms with Gasteiger partial charge >= 0.3 is 0 Å². The highest BCUT2D eigenvalue weighted by molar-refractivity contribution is 7.99. The van der Waals surface area contributed by atoms with Crippen LogP contribution in [0.25, 0.3) is 4.96 Å². The third kappa shape index (κ3) is 4.54. The molecule has 29 heavy (non-hydrogen) atoms. The number of nitrogens with zero attached hydrogens (tertiary/aromatic N) is 5. The summed E-state index contributed by atoms with van der Waals surface area (Å²) in [5, 5.41) is 5.81. The maximum absolute atomic E-state index is 12.5. The Morgan fingerprint density at radius 3 is 2.79 bits per heavy atom. The average Bonchev–Trinajstić information content (AvgIpc) is 3.30. The van der Waals surface area contributed by atoms with Crippen molar-refractivity contribution in [2.75, 3.05) is 31.9 Å². The summed E-state index contributed by atoms with van der Waals surface area (Å²) < 4.78 is 6.73. The van der Waals surface area contributed by atoms with Gasteiger partial charge in [-0.15, -0.1) is 23.1 Å². The van der Waals surface area contributed by atoms with Crippen molar-refractivity contribution in [3.8, 4) is 0 Å². The van der Waals surface area contributed by atoms with E-state index in [2.05, 4.69) is 15.0 Å². The van der Waals surface area contributed by atoms with E-state index in [-0.39, 0.29) is 11.5 Å². The Balaban J connectivity index is 1.25. The first-order chi connectivity index (χ1) is 14.0. The number of hydrogen-bond donors (Lipinski definition) is 0. The fourth-order valence-electron chi connectivity index (χ4n) is 3.39. The second-order valence-corrected chi connectivity index (χ2v) is 8.95. The number of thiazole rings is 1. The molecule has 0 saturated carbocycles. The highest BCUT2D eigenvalue weighted by Crippen LogP contribution is 2.20. The number of piperazine rings is 1. The molecule has 1 fully saturated rings. The largest absolute Gasteiger partial charge is 0.361 e. The lowest BCUT2D eigenvalue weighted by Crippen LogP contribution is -2.49. The number of aromatic nitrogens is 3. The van der Waals surface area contributed by atoms with Gasteiger partial charge in [0, 0.05) is 61.7 Å². The SMILES string of the molecule is Cc1noc(C)c1CSCC(=O)N1CCN(Cc2cc(=O)n3ccsc3n2)CC1. The van der Waals surface area contributed by atoms with Gasteiger partial charge < -0.3 is 9.42 Å². The molecule has 1 aliphatic heterocycles. The molecule has 1 amide bonds. The molecule has 3 aromatic heterocycles. The molecular weight excluding hydrogens is 410 g/mol. The van der Waals surface area contributed by atoms with Gasteiger partial charge in [0.2, 0.25) is 5.91 Å². The van der Waals surface area contributed by atoms with Crippen LogP contribution in [-0.2, 0) is 17.1 Å². The molecule has 0 spiro atoms. The fourth-order valence-corrected chi connectivity index (χ4v) is 5.21. The van der Waals surface area contributed by atoms with Gasteiger partial charge in [-0.05, 0) is 13.8 Å². The lowest BCUT2D eigenvalue weighted by Gasteiger charge is -2.34. The molecule has 1 aliphatic rings. The fraction of sp³-hybridized carbons (Fsp3) is 0.474. The summed E-state index contributed by atoms with van der Waals surface area (Å²) in [7, 11) is 0. The van der Waals surface area contributed by atoms with Gasteiger partial charge in [-0.2, -0.15) is 0 Å². The van der Waals surface area contributed by atoms with Gasteiger partial charge in [0.05, 0.1) is 17.1 Å². The number of fused-ring (bicyclic) bond motifs is 1. The topological polar surface area (TPSA) is 84.0 Å². The minimum atomic E-state index is -0.0459. The minimum absolute atomic E-state index is 0.0459. The second kappa shape index (κ2) is 8.68. The molecule has 0 N–H and O–H groups in total. The molecule has 0 aliphatic carbocycles. The summed E-state index contributed by atoms with van der Waals surface area (Å²) in [6, 6.07) is 1.60. The molecule has 8 nitrogen and oxygen atoms in total. The lowest BCUT2D eigenvalue weighted by atomic mass is 10.2. The van der Waals surface area contributed by atoms with Crippen LogP contribution < -0.4 is 5.56 Å². The van der Waals surface area contributed by atoms with Crippen molar-refractivity contribution in [2.24, 2.45) is 0 Å². The van der Waals surface area contributed by atoms with E-state index in [1.54, 1.807) is 28.4 Å². The Kier molecular flexibility index (Phi) is 6.02. The summed E-state index contributed by atoms with van der Waals surface area (Å²) in [4.78, 5) is 34.1. The Hall–Kier alpha value is -2.17. The predicted octanol–water partition coefficient (Wildman–Crippen LogP) is 1.94. The van der Waals surface area contributed by atoms with Gasteiger partial charge in [-0.3, -0.25) is 18.9 Å². The number of hydrogen-bond acceptors (Lipinski definition) is 8. The Labute approximate surface area is 176 Å². The van der Waals surface area contributed by atoms with Crippen LogP contribution in [0.2, 0.25) is 0 Å². The molecule has 0 atom stereocenters. The van der Waals surface area contributed by atoms with Crippen LogP contribution in [0.5, 0.6) is 0 Å². The van der Waals surface area contributed by atoms with E-state index in [0.717, 1.165) is 46.5 Å². The van der Waals surface area contributed by atoms with Crippen molar-refractivity contribution >= 4 is 34.0 Å². The summed E-state index contributed by atoms with van der Waals surface area (Å²) in [6.07, 6.45) is 1.74. The van der Waals surface area contributed by atoms with Crippen LogP contribution in [0, 0.1) is 13.8 Å². The van der Waals surface area contributed by atoms with Gasteiger partial charge in [0.1, 0.15) is 5.76 Å². The summed E-state index contributed by atoms with van der Waals surface area (Å²) in [6.45, 7) is 7.42. The standard InChI is InChI=1S/C19H23N5O3S2/c1-13-16(14(2)27-21-13)11-28-12-18(26)23-5-3-22(4-6-23)10-15-9-17(25)24-7-8-29-19(24)20-15/h7-9H,3-6,10-12H2,1-2H3. The zero-order valence-electron chi connectivity index (χ0n) is 16.5. The first-order valence-electron chi connectivity index (χ1n) is 9.46. The third-order valence-corrected chi connectivity index (χ3v) is 6.82. The maximum atomic E-state index is 12.5. The van der Waals surface area contributed by atoms with Crippen molar-refractivity contribution < 1.29 is 9.32 Å². The third-order valence-electron chi connectivity index (χ3n) is 5.12. The van der Waals surface area contributed by atoms with Crippen molar-refractivity contribution in [3.63, 3.8) is 0 Å². The minimum Gasteiger partial charge on any atom is -0.361 e. The molecule has 1 saturated heterocycles. The van der Waals surface area contributed by atoms with E-state index < -0.39 is 0 Å². The van der Waals surface area contributed by atoms with E-state index >= 15 is 0 Å². The first-order valence-corrected chi connectivity index (χ1v) is 11.5. The highest BCUT2D eigenvalue weighted by atomic mass is 32.2. The normalized spacial score (nSPS) is 15.3. The zero-order valence-corrected chi connectivity index (χ0v) is 18.1. The molecule has 4 rings (SSSR count). The summed E-state index contributed by atoms with van der Waals surface area (Å²) >= 11 is 3.06. The molecule has 154 valence electrons. The smallest absolute Gasteiger partial charge is 0.258 e. The molecule has 0 unspecified atom stereocenters. The lowest BCUT2D eigenvalue weighted by molar-refractivity contribution is -0.130. The average molecular weight is 434 g/mol. The van der Waals surface area contributed by atoms with Crippen LogP contribution >= 0.6 is 23.1 Å². The molecule has 0 bridgehead atoms. The Morgan fingerprint density at radius 1 is 1.28 bits per heavy atom. The predicted molar refractivity (Wildman–Crippen MR) is 113 cm³/mol. The number of rotatable bonds is 6. The molecule has 10 heteroatoms. The number of amides is 1. The van der Waals surface area contributed by atoms with Crippen LogP contribution in [0.1, 0.15) is 22.7 Å². The molecule has 0 radical (unpaired) electrons. The zero-order chi connectivity index (χ0) is 20.4. The van der Waals surface area contributed by atoms with Gasteiger partial charge in [-0.1, -0.05) is 5.16 Å². The van der Waals surface area contributed by atoms with Gasteiger partial charge in [0.25, 0.3) is 5.56 Å². The van der Waals surface area contributed by atoms with Crippen molar-refractivity contribution in [1.29, 1.82) is 0 Å². The quantitative estimate of drug-likeness (QED) is 0.587. The second-order valence-electron chi connectivity index (χ2n) is 7.09. The van der Waals surface area contributed by atoms with Crippen molar-refractivity contribution in [2.45, 2.75) is 26.1 Å². The molecule has 0 aromatic carbocycles. The number of aryl methyl sites for hydroxylation is 2. The highest BCUT2D eigenvalue weighted by Gasteiger charge is 2.22. The molecular formula is C19H23N5O3S2. The van der Waals surface area contributed by atoms with E-state index in [1.165, 1.54) is 11.3 Å². The van der Waals surface area contributed by atoms with E-state index in [0.29, 0.717) is 25.4 Å². The van der Waals surface area contributed by atoms with E-state index in [9.17, 15) is 9.59 Å². The summed E-state index contributed by atoms with van der Waals surface area (Å²) in [5.74, 6) is 2.18. The van der Waals surface area contributed by atoms with E-state index in [4.69, 9.17) is 4.52 Å². The number of carbonyl (C=O) groups excluding carboxylic acids is 1. The number of thioether (sulfide) groups is 1. The van der Waals surface area contributed by atoms with Crippen molar-refractivity contribution in [1.82, 2.24) is 24.3 Å². The molecule has 4 heterocycles.